The number of para-hydroxylation sites is 1. The molecule has 0 unspecified atom stereocenters. The van der Waals surface area contributed by atoms with Crippen LogP contribution in [0, 0.1) is 12.7 Å². The number of hydrogen-bond acceptors (Lipinski definition) is 2. The molecular weight excluding hydrogens is 395 g/mol. The molecule has 4 aromatic rings. The molecule has 0 radical (unpaired) electrons. The zero-order valence-electron chi connectivity index (χ0n) is 16.7. The van der Waals surface area contributed by atoms with Crippen LogP contribution < -0.4 is 5.32 Å². The molecule has 5 heteroatoms. The van der Waals surface area contributed by atoms with Crippen LogP contribution in [-0.4, -0.2) is 23.2 Å². The van der Waals surface area contributed by atoms with Gasteiger partial charge in [-0.2, -0.15) is 0 Å². The molecule has 0 fully saturated rings. The van der Waals surface area contributed by atoms with Gasteiger partial charge in [-0.1, -0.05) is 60.2 Å². The van der Waals surface area contributed by atoms with Gasteiger partial charge >= 0.3 is 0 Å². The number of amides is 1. The summed E-state index contributed by atoms with van der Waals surface area (Å²) in [6, 6.07) is 22.8. The van der Waals surface area contributed by atoms with E-state index in [2.05, 4.69) is 53.6 Å². The maximum absolute atomic E-state index is 13.0. The van der Waals surface area contributed by atoms with Crippen molar-refractivity contribution in [1.29, 1.82) is 0 Å². The van der Waals surface area contributed by atoms with Crippen molar-refractivity contribution in [1.82, 2.24) is 10.3 Å². The Morgan fingerprint density at radius 2 is 1.73 bits per heavy atom. The van der Waals surface area contributed by atoms with Gasteiger partial charge < -0.3 is 10.3 Å². The van der Waals surface area contributed by atoms with E-state index in [9.17, 15) is 9.18 Å². The Labute approximate surface area is 179 Å². The molecule has 0 aliphatic carbocycles. The number of rotatable bonds is 7. The van der Waals surface area contributed by atoms with E-state index in [0.29, 0.717) is 6.54 Å². The van der Waals surface area contributed by atoms with E-state index in [0.717, 1.165) is 28.1 Å². The van der Waals surface area contributed by atoms with Crippen LogP contribution in [-0.2, 0) is 11.2 Å². The van der Waals surface area contributed by atoms with Crippen LogP contribution in [0.2, 0.25) is 0 Å². The zero-order valence-corrected chi connectivity index (χ0v) is 17.6. The van der Waals surface area contributed by atoms with Gasteiger partial charge in [0.15, 0.2) is 0 Å². The number of hydrogen-bond donors (Lipinski definition) is 2. The number of aromatic amines is 1. The first-order valence-corrected chi connectivity index (χ1v) is 10.9. The third-order valence-corrected chi connectivity index (χ3v) is 6.07. The minimum atomic E-state index is -0.293. The molecule has 0 saturated heterocycles. The highest BCUT2D eigenvalue weighted by atomic mass is 32.2. The maximum atomic E-state index is 13.0. The van der Waals surface area contributed by atoms with Crippen LogP contribution in [0.1, 0.15) is 11.1 Å². The van der Waals surface area contributed by atoms with Crippen molar-refractivity contribution in [3.8, 4) is 11.3 Å². The summed E-state index contributed by atoms with van der Waals surface area (Å²) in [5.74, 6) is 0.411. The molecule has 2 N–H and O–H groups in total. The summed E-state index contributed by atoms with van der Waals surface area (Å²) in [6.07, 6.45) is 0.257. The first-order chi connectivity index (χ1) is 14.6. The molecule has 1 heterocycles. The average molecular weight is 419 g/mol. The summed E-state index contributed by atoms with van der Waals surface area (Å²) in [5.41, 5.74) is 5.40. The second-order valence-electron chi connectivity index (χ2n) is 7.24. The second kappa shape index (κ2) is 9.18. The summed E-state index contributed by atoms with van der Waals surface area (Å²) >= 11 is 1.74. The van der Waals surface area contributed by atoms with E-state index < -0.39 is 0 Å². The van der Waals surface area contributed by atoms with Crippen molar-refractivity contribution >= 4 is 28.6 Å². The van der Waals surface area contributed by atoms with Crippen molar-refractivity contribution < 1.29 is 9.18 Å². The highest BCUT2D eigenvalue weighted by Crippen LogP contribution is 2.37. The number of carbonyl (C=O) groups excluding carboxylic acids is 1. The molecule has 0 spiro atoms. The van der Waals surface area contributed by atoms with Crippen molar-refractivity contribution in [2.45, 2.75) is 18.2 Å². The van der Waals surface area contributed by atoms with Crippen LogP contribution in [0.3, 0.4) is 0 Å². The summed E-state index contributed by atoms with van der Waals surface area (Å²) in [5, 5.41) is 4.15. The molecule has 0 saturated carbocycles. The molecule has 4 rings (SSSR count). The van der Waals surface area contributed by atoms with Crippen LogP contribution in [0.15, 0.2) is 77.7 Å². The summed E-state index contributed by atoms with van der Waals surface area (Å²) in [6.45, 7) is 2.65. The lowest BCUT2D eigenvalue weighted by Crippen LogP contribution is -2.27. The fourth-order valence-corrected chi connectivity index (χ4v) is 4.44. The Morgan fingerprint density at radius 1 is 1.00 bits per heavy atom. The van der Waals surface area contributed by atoms with Gasteiger partial charge in [0.2, 0.25) is 5.91 Å². The third kappa shape index (κ3) is 4.74. The van der Waals surface area contributed by atoms with E-state index in [1.54, 1.807) is 23.9 Å². The molecule has 30 heavy (non-hydrogen) atoms. The molecule has 3 nitrogen and oxygen atoms in total. The van der Waals surface area contributed by atoms with E-state index in [4.69, 9.17) is 0 Å². The number of carbonyl (C=O) groups is 1. The van der Waals surface area contributed by atoms with Crippen molar-refractivity contribution in [3.05, 3.63) is 89.7 Å². The van der Waals surface area contributed by atoms with Crippen LogP contribution in [0.5, 0.6) is 0 Å². The molecular formula is C25H23FN2OS. The van der Waals surface area contributed by atoms with Gasteiger partial charge in [0, 0.05) is 28.1 Å². The summed E-state index contributed by atoms with van der Waals surface area (Å²) in [4.78, 5) is 16.9. The number of aryl methyl sites for hydroxylation is 1. The Bertz CT molecular complexity index is 1150. The quantitative estimate of drug-likeness (QED) is 0.297. The van der Waals surface area contributed by atoms with Crippen LogP contribution in [0.25, 0.3) is 22.2 Å². The molecule has 0 aliphatic rings. The SMILES string of the molecule is Cc1ccc(-c2[nH]c3ccccc3c2SCCNC(=O)Cc2ccc(F)cc2)cc1. The van der Waals surface area contributed by atoms with E-state index in [-0.39, 0.29) is 18.1 Å². The number of H-pyrrole nitrogens is 1. The average Bonchev–Trinajstić information content (AvgIpc) is 3.12. The van der Waals surface area contributed by atoms with Crippen LogP contribution in [0.4, 0.5) is 4.39 Å². The highest BCUT2D eigenvalue weighted by Gasteiger charge is 2.13. The number of fused-ring (bicyclic) bond motifs is 1. The van der Waals surface area contributed by atoms with Gasteiger partial charge in [-0.25, -0.2) is 4.39 Å². The Hall–Kier alpha value is -3.05. The fraction of sp³-hybridized carbons (Fsp3) is 0.160. The van der Waals surface area contributed by atoms with E-state index in [1.807, 2.05) is 12.1 Å². The minimum absolute atomic E-state index is 0.0557. The number of nitrogens with one attached hydrogen (secondary N) is 2. The van der Waals surface area contributed by atoms with Gasteiger partial charge in [-0.05, 0) is 36.2 Å². The van der Waals surface area contributed by atoms with Crippen molar-refractivity contribution in [3.63, 3.8) is 0 Å². The third-order valence-electron chi connectivity index (χ3n) is 4.95. The number of benzene rings is 3. The first kappa shape index (κ1) is 20.2. The van der Waals surface area contributed by atoms with Gasteiger partial charge in [-0.3, -0.25) is 4.79 Å². The van der Waals surface area contributed by atoms with Crippen molar-refractivity contribution in [2.75, 3.05) is 12.3 Å². The zero-order chi connectivity index (χ0) is 20.9. The van der Waals surface area contributed by atoms with Gasteiger partial charge in [0.05, 0.1) is 12.1 Å². The molecule has 1 aromatic heterocycles. The number of thioether (sulfide) groups is 1. The van der Waals surface area contributed by atoms with Gasteiger partial charge in [0.1, 0.15) is 5.82 Å². The van der Waals surface area contributed by atoms with Gasteiger partial charge in [0.25, 0.3) is 0 Å². The monoisotopic (exact) mass is 418 g/mol. The Morgan fingerprint density at radius 3 is 2.50 bits per heavy atom. The second-order valence-corrected chi connectivity index (χ2v) is 8.35. The maximum Gasteiger partial charge on any atom is 0.224 e. The van der Waals surface area contributed by atoms with E-state index in [1.165, 1.54) is 28.0 Å². The standard InChI is InChI=1S/C25H23FN2OS/c1-17-6-10-19(11-7-17)24-25(21-4-2-3-5-22(21)28-24)30-15-14-27-23(29)16-18-8-12-20(26)13-9-18/h2-13,28H,14-16H2,1H3,(H,27,29). The van der Waals surface area contributed by atoms with Crippen molar-refractivity contribution in [2.24, 2.45) is 0 Å². The van der Waals surface area contributed by atoms with E-state index >= 15 is 0 Å². The molecule has 0 aliphatic heterocycles. The molecule has 0 atom stereocenters. The molecule has 152 valence electrons. The largest absolute Gasteiger partial charge is 0.355 e. The smallest absolute Gasteiger partial charge is 0.224 e. The lowest BCUT2D eigenvalue weighted by atomic mass is 10.1. The molecule has 3 aromatic carbocycles. The summed E-state index contributed by atoms with van der Waals surface area (Å²) in [7, 11) is 0. The predicted octanol–water partition coefficient (Wildman–Crippen LogP) is 5.73. The highest BCUT2D eigenvalue weighted by molar-refractivity contribution is 7.99. The summed E-state index contributed by atoms with van der Waals surface area (Å²) < 4.78 is 13.0. The minimum Gasteiger partial charge on any atom is -0.355 e. The Balaban J connectivity index is 1.42. The Kier molecular flexibility index (Phi) is 6.19. The van der Waals surface area contributed by atoms with Gasteiger partial charge in [-0.15, -0.1) is 11.8 Å². The first-order valence-electron chi connectivity index (χ1n) is 9.92. The molecule has 0 bridgehead atoms. The van der Waals surface area contributed by atoms with Crippen LogP contribution >= 0.6 is 11.8 Å². The molecule has 1 amide bonds. The number of aromatic nitrogens is 1. The predicted molar refractivity (Wildman–Crippen MR) is 122 cm³/mol. The normalized spacial score (nSPS) is 11.0. The lowest BCUT2D eigenvalue weighted by Gasteiger charge is -2.08. The topological polar surface area (TPSA) is 44.9 Å². The number of halogens is 1. The lowest BCUT2D eigenvalue weighted by molar-refractivity contribution is -0.120. The fourth-order valence-electron chi connectivity index (χ4n) is 3.38.